The zero-order chi connectivity index (χ0) is 73.6. The van der Waals surface area contributed by atoms with Gasteiger partial charge in [0, 0.05) is 61.9 Å². The van der Waals surface area contributed by atoms with E-state index in [1.54, 1.807) is 91.1 Å². The van der Waals surface area contributed by atoms with E-state index >= 15 is 0 Å². The first kappa shape index (κ1) is 75.3. The van der Waals surface area contributed by atoms with E-state index in [-0.39, 0.29) is 55.7 Å². The van der Waals surface area contributed by atoms with E-state index in [9.17, 15) is 72.5 Å². The van der Waals surface area contributed by atoms with Gasteiger partial charge in [-0.05, 0) is 78.4 Å². The third-order valence-electron chi connectivity index (χ3n) is 16.6. The minimum absolute atomic E-state index is 0.0853. The number of amides is 13. The van der Waals surface area contributed by atoms with E-state index in [1.165, 1.54) is 74.9 Å². The van der Waals surface area contributed by atoms with E-state index < -0.39 is 163 Å². The Balaban J connectivity index is 1.19. The van der Waals surface area contributed by atoms with Gasteiger partial charge in [0.15, 0.2) is 0 Å². The van der Waals surface area contributed by atoms with Gasteiger partial charge in [0.1, 0.15) is 71.9 Å². The summed E-state index contributed by atoms with van der Waals surface area (Å²) in [4.78, 5) is 196. The Morgan fingerprint density at radius 3 is 1.57 bits per heavy atom. The molecule has 1 fully saturated rings. The average molecular weight is 1400 g/mol. The second-order valence-corrected chi connectivity index (χ2v) is 24.6. The quantitative estimate of drug-likeness (QED) is 0.0388. The predicted octanol–water partition coefficient (Wildman–Crippen LogP) is -2.85. The summed E-state index contributed by atoms with van der Waals surface area (Å²) in [5.41, 5.74) is 21.1. The van der Waals surface area contributed by atoms with E-state index in [2.05, 4.69) is 73.4 Å². The first-order valence-electron chi connectivity index (χ1n) is 32.6. The molecule has 0 bridgehead atoms. The highest BCUT2D eigenvalue weighted by atomic mass is 16.3. The molecule has 1 aliphatic heterocycles. The summed E-state index contributed by atoms with van der Waals surface area (Å²) in [6.07, 6.45) is 0.923. The Kier molecular flexibility index (Phi) is 26.5. The maximum Gasteiger partial charge on any atom is 0.245 e. The molecule has 5 aromatic carbocycles. The smallest absolute Gasteiger partial charge is 0.245 e. The largest absolute Gasteiger partial charge is 0.508 e. The zero-order valence-electron chi connectivity index (χ0n) is 55.5. The Hall–Kier alpha value is -12.5. The van der Waals surface area contributed by atoms with Gasteiger partial charge in [0.05, 0.1) is 30.9 Å². The van der Waals surface area contributed by atoms with Gasteiger partial charge in [0.25, 0.3) is 0 Å². The number of aromatic amines is 2. The van der Waals surface area contributed by atoms with Crippen molar-refractivity contribution in [2.45, 2.75) is 132 Å². The highest BCUT2D eigenvalue weighted by molar-refractivity contribution is 6.01. The number of rotatable bonds is 19. The number of imidazole rings is 1. The first-order chi connectivity index (χ1) is 48.7. The molecular weight excluding hydrogens is 1320 g/mol. The highest BCUT2D eigenvalue weighted by Gasteiger charge is 2.37. The molecule has 102 heavy (non-hydrogen) atoms. The average Bonchev–Trinajstić information content (AvgIpc) is 1.62. The fraction of sp³-hybridized carbons (Fsp3) is 0.314. The summed E-state index contributed by atoms with van der Waals surface area (Å²) < 4.78 is 0. The lowest BCUT2D eigenvalue weighted by molar-refractivity contribution is -0.136. The van der Waals surface area contributed by atoms with Crippen molar-refractivity contribution in [2.24, 2.45) is 17.2 Å². The number of nitrogens with two attached hydrogens (primary N) is 3. The molecule has 3 heterocycles. The molecule has 32 nitrogen and oxygen atoms in total. The Labute approximate surface area is 584 Å². The molecule has 0 radical (unpaired) electrons. The first-order valence-corrected chi connectivity index (χ1v) is 32.6. The summed E-state index contributed by atoms with van der Waals surface area (Å²) in [5, 5.41) is 48.4. The van der Waals surface area contributed by atoms with Crippen LogP contribution in [0.4, 0.5) is 0 Å². The SMILES string of the molecule is C[C@@H]1NC(=O)[C@H](CC(N)=O)NC(=O)[C@H](Cc2c[nH]c3ccccc23)NC(=O)[C@H](C)NC(=O)[C@@H](Cc2ccccc2)NC(=O)[C@H](Cc2c[nH]cn2)NC(=O)C[C@@H](NC(=O)[C@@H](N)Cc2ccc(O)cc2)C(=O)NCC(C(=O)N[C@@H](Cc2ccc(O)cc2)C(N)=O)NC(=O)[C@H](Cc2ccccc2)NC1=O. The second kappa shape index (κ2) is 35.9. The number of nitrogens with zero attached hydrogens (tertiary/aromatic N) is 1. The van der Waals surface area contributed by atoms with Crippen LogP contribution in [0.3, 0.4) is 0 Å². The molecule has 21 N–H and O–H groups in total. The molecule has 0 saturated carbocycles. The Morgan fingerprint density at radius 1 is 0.529 bits per heavy atom. The molecule has 2 aromatic heterocycles. The summed E-state index contributed by atoms with van der Waals surface area (Å²) >= 11 is 0. The number of carbonyl (C=O) groups is 13. The van der Waals surface area contributed by atoms with Gasteiger partial charge in [-0.15, -0.1) is 0 Å². The number of H-pyrrole nitrogens is 2. The Morgan fingerprint density at radius 2 is 1.02 bits per heavy atom. The third-order valence-corrected chi connectivity index (χ3v) is 16.6. The number of carbonyl (C=O) groups excluding carboxylic acids is 13. The Bertz CT molecular complexity index is 4140. The molecule has 1 unspecified atom stereocenters. The van der Waals surface area contributed by atoms with Crippen LogP contribution in [0, 0.1) is 0 Å². The van der Waals surface area contributed by atoms with Crippen molar-refractivity contribution in [3.8, 4) is 11.5 Å². The summed E-state index contributed by atoms with van der Waals surface area (Å²) in [5.74, 6) is -14.0. The van der Waals surface area contributed by atoms with Crippen molar-refractivity contribution in [3.63, 3.8) is 0 Å². The molecule has 32 heteroatoms. The van der Waals surface area contributed by atoms with Gasteiger partial charge in [-0.25, -0.2) is 4.98 Å². The van der Waals surface area contributed by atoms with Crippen molar-refractivity contribution in [2.75, 3.05) is 6.54 Å². The lowest BCUT2D eigenvalue weighted by atomic mass is 10.0. The van der Waals surface area contributed by atoms with Gasteiger partial charge in [-0.3, -0.25) is 62.3 Å². The summed E-state index contributed by atoms with van der Waals surface area (Å²) in [6.45, 7) is 1.60. The van der Waals surface area contributed by atoms with E-state index in [1.807, 2.05) is 0 Å². The van der Waals surface area contributed by atoms with Crippen molar-refractivity contribution in [1.82, 2.24) is 73.4 Å². The maximum absolute atomic E-state index is 14.9. The molecule has 11 atom stereocenters. The van der Waals surface area contributed by atoms with Gasteiger partial charge in [-0.2, -0.15) is 0 Å². The van der Waals surface area contributed by atoms with Crippen molar-refractivity contribution >= 4 is 87.7 Å². The number of hydrogen-bond donors (Lipinski definition) is 18. The molecule has 1 aliphatic rings. The number of fused-ring (bicyclic) bond motifs is 1. The fourth-order valence-corrected chi connectivity index (χ4v) is 11.1. The highest BCUT2D eigenvalue weighted by Crippen LogP contribution is 2.21. The fourth-order valence-electron chi connectivity index (χ4n) is 11.1. The number of hydrogen-bond acceptors (Lipinski definition) is 17. The van der Waals surface area contributed by atoms with Crippen molar-refractivity contribution in [1.29, 1.82) is 0 Å². The topological polar surface area (TPSA) is 517 Å². The number of nitrogens with one attached hydrogen (secondary N) is 13. The van der Waals surface area contributed by atoms with Crippen LogP contribution in [0.5, 0.6) is 11.5 Å². The number of primary amides is 2. The summed E-state index contributed by atoms with van der Waals surface area (Å²) in [6, 6.07) is 16.7. The van der Waals surface area contributed by atoms with E-state index in [4.69, 9.17) is 17.2 Å². The molecule has 536 valence electrons. The van der Waals surface area contributed by atoms with Gasteiger partial charge in [-0.1, -0.05) is 103 Å². The summed E-state index contributed by atoms with van der Waals surface area (Å²) in [7, 11) is 0. The monoisotopic (exact) mass is 1400 g/mol. The second-order valence-electron chi connectivity index (χ2n) is 24.6. The molecule has 8 rings (SSSR count). The molecule has 13 amide bonds. The van der Waals surface area contributed by atoms with E-state index in [0.29, 0.717) is 38.7 Å². The lowest BCUT2D eigenvalue weighted by Gasteiger charge is -2.27. The van der Waals surface area contributed by atoms with Gasteiger partial charge in [0.2, 0.25) is 76.8 Å². The van der Waals surface area contributed by atoms with Crippen LogP contribution in [-0.2, 0) is 101 Å². The number of benzene rings is 5. The molecule has 0 aliphatic carbocycles. The van der Waals surface area contributed by atoms with Crippen LogP contribution in [0.25, 0.3) is 10.9 Å². The maximum atomic E-state index is 14.9. The lowest BCUT2D eigenvalue weighted by Crippen LogP contribution is -2.62. The number of aromatic nitrogens is 3. The minimum Gasteiger partial charge on any atom is -0.508 e. The van der Waals surface area contributed by atoms with Crippen LogP contribution in [0.15, 0.2) is 152 Å². The molecule has 0 spiro atoms. The van der Waals surface area contributed by atoms with Crippen LogP contribution < -0.4 is 75.7 Å². The third kappa shape index (κ3) is 22.3. The van der Waals surface area contributed by atoms with Gasteiger partial charge >= 0.3 is 0 Å². The predicted molar refractivity (Wildman–Crippen MR) is 367 cm³/mol. The number of aromatic hydroxyl groups is 2. The normalized spacial score (nSPS) is 21.7. The number of para-hydroxylation sites is 1. The van der Waals surface area contributed by atoms with Crippen LogP contribution in [0.2, 0.25) is 0 Å². The molecule has 1 saturated heterocycles. The number of phenols is 2. The zero-order valence-corrected chi connectivity index (χ0v) is 55.5. The minimum atomic E-state index is -1.93. The van der Waals surface area contributed by atoms with E-state index in [0.717, 1.165) is 0 Å². The van der Waals surface area contributed by atoms with Crippen LogP contribution in [0.1, 0.15) is 60.2 Å². The van der Waals surface area contributed by atoms with Crippen LogP contribution in [-0.4, -0.2) is 175 Å². The molecule has 7 aromatic rings. The molecular formula is C70H81N17O15. The van der Waals surface area contributed by atoms with Crippen molar-refractivity contribution in [3.05, 3.63) is 186 Å². The standard InChI is InChI=1S/C70H81N17O15/c1-37-61(93)82-52(28-40-13-7-4-8-14-40)67(99)87-57(70(102)81-50(60(73)92)26-42-19-23-46(89)24-20-42)35-76-64(96)56(84-63(95)48(71)25-41-17-21-45(88)22-18-41)32-59(91)80-54(30-44-34-74-36-77-44)69(101)85-51(27-39-11-5-3-6-12-39)65(97)78-38(2)62(94)83-53(29-43-33-75-49-16-10-9-15-47(43)49)68(100)86-55(31-58(72)90)66(98)79-37/h3-24,33-34,36-38,48,50-57,75,88-89H,25-32,35,71H2,1-2H3,(H2,72,90)(H2,73,92)(H,74,77)(H,76,96)(H,78,97)(H,79,98)(H,80,91)(H,81,102)(H,82,93)(H,83,94)(H,84,95)(H,85,101)(H,86,100)(H,87,99)/t37-,38-,48-,50-,51+,52-,53-,54-,55-,56+,57?/m0/s1. The van der Waals surface area contributed by atoms with Crippen LogP contribution >= 0.6 is 0 Å². The van der Waals surface area contributed by atoms with Crippen molar-refractivity contribution < 1.29 is 72.5 Å². The number of phenolic OH excluding ortho intramolecular Hbond substituents is 2. The van der Waals surface area contributed by atoms with Gasteiger partial charge < -0.3 is 95.9 Å².